The van der Waals surface area contributed by atoms with Crippen LogP contribution < -0.4 is 5.32 Å². The number of nitrogens with zero attached hydrogens (tertiary/aromatic N) is 1. The molecule has 6 nitrogen and oxygen atoms in total. The predicted octanol–water partition coefficient (Wildman–Crippen LogP) is 2.92. The minimum atomic E-state index is -1.38. The number of ether oxygens (including phenoxy) is 1. The van der Waals surface area contributed by atoms with E-state index in [9.17, 15) is 4.79 Å². The average Bonchev–Trinajstić information content (AvgIpc) is 2.81. The lowest BCUT2D eigenvalue weighted by Crippen LogP contribution is -2.52. The zero-order valence-corrected chi connectivity index (χ0v) is 19.7. The summed E-state index contributed by atoms with van der Waals surface area (Å²) in [7, 11) is -1.38. The molecule has 27 heavy (non-hydrogen) atoms. The first-order chi connectivity index (χ1) is 11.8. The van der Waals surface area contributed by atoms with Crippen molar-refractivity contribution in [1.82, 2.24) is 10.2 Å². The summed E-state index contributed by atoms with van der Waals surface area (Å²) in [5.74, 6) is 0.355. The van der Waals surface area contributed by atoms with Crippen LogP contribution in [0.4, 0.5) is 4.79 Å². The fourth-order valence-corrected chi connectivity index (χ4v) is 4.72. The van der Waals surface area contributed by atoms with Gasteiger partial charge in [0.25, 0.3) is 0 Å². The molecule has 3 radical (unpaired) electrons. The third kappa shape index (κ3) is 8.13. The fourth-order valence-electron chi connectivity index (χ4n) is 3.50. The summed E-state index contributed by atoms with van der Waals surface area (Å²) < 4.78 is 12.2. The van der Waals surface area contributed by atoms with Gasteiger partial charge in [-0.1, -0.05) is 20.8 Å². The first-order valence-corrected chi connectivity index (χ1v) is 12.6. The quantitative estimate of drug-likeness (QED) is 0.391. The van der Waals surface area contributed by atoms with E-state index in [0.29, 0.717) is 19.0 Å². The summed E-state index contributed by atoms with van der Waals surface area (Å²) in [5.41, 5.74) is -1.04. The van der Waals surface area contributed by atoms with Crippen LogP contribution in [0.15, 0.2) is 0 Å². The molecule has 1 fully saturated rings. The monoisotopic (exact) mass is 399 g/mol. The van der Waals surface area contributed by atoms with Gasteiger partial charge in [-0.05, 0) is 71.0 Å². The van der Waals surface area contributed by atoms with Crippen LogP contribution in [0.3, 0.4) is 0 Å². The van der Waals surface area contributed by atoms with E-state index in [0.717, 1.165) is 19.3 Å². The van der Waals surface area contributed by atoms with Crippen LogP contribution in [-0.2, 0) is 9.16 Å². The Kier molecular flexibility index (Phi) is 10.1. The predicted molar refractivity (Wildman–Crippen MR) is 113 cm³/mol. The zero-order valence-electron chi connectivity index (χ0n) is 18.6. The van der Waals surface area contributed by atoms with Crippen LogP contribution >= 0.6 is 0 Å². The van der Waals surface area contributed by atoms with E-state index in [-0.39, 0.29) is 26.7 Å². The highest BCUT2D eigenvalue weighted by Gasteiger charge is 2.52. The number of likely N-dealkylation sites (tertiary alicyclic amines) is 1. The fraction of sp³-hybridized carbons (Fsp3) is 0.947. The van der Waals surface area contributed by atoms with E-state index < -0.39 is 20.4 Å². The highest BCUT2D eigenvalue weighted by molar-refractivity contribution is 6.48. The van der Waals surface area contributed by atoms with Gasteiger partial charge in [0.05, 0.1) is 6.73 Å². The molecule has 1 heterocycles. The second-order valence-electron chi connectivity index (χ2n) is 9.73. The van der Waals surface area contributed by atoms with Crippen molar-refractivity contribution in [2.45, 2.75) is 85.2 Å². The minimum absolute atomic E-state index is 0. The number of amides is 1. The lowest BCUT2D eigenvalue weighted by molar-refractivity contribution is -0.0739. The van der Waals surface area contributed by atoms with Crippen molar-refractivity contribution in [3.05, 3.63) is 0 Å². The minimum Gasteiger partial charge on any atom is -0.444 e. The molecule has 157 valence electrons. The van der Waals surface area contributed by atoms with E-state index in [1.165, 1.54) is 0 Å². The second-order valence-corrected chi connectivity index (χ2v) is 12.1. The van der Waals surface area contributed by atoms with Crippen molar-refractivity contribution >= 4 is 23.5 Å². The molecule has 0 unspecified atom stereocenters. The maximum absolute atomic E-state index is 13.0. The van der Waals surface area contributed by atoms with Gasteiger partial charge in [-0.25, -0.2) is 4.79 Å². The van der Waals surface area contributed by atoms with Gasteiger partial charge in [0.1, 0.15) is 11.3 Å². The van der Waals surface area contributed by atoms with E-state index in [1.54, 1.807) is 0 Å². The topological polar surface area (TPSA) is 71.0 Å². The summed E-state index contributed by atoms with van der Waals surface area (Å²) in [6.45, 7) is 18.0. The van der Waals surface area contributed by atoms with Crippen molar-refractivity contribution in [3.8, 4) is 0 Å². The number of aliphatic hydroxyl groups excluding tert-OH is 1. The Labute approximate surface area is 169 Å². The van der Waals surface area contributed by atoms with Gasteiger partial charge in [0.2, 0.25) is 0 Å². The van der Waals surface area contributed by atoms with Gasteiger partial charge >= 0.3 is 6.09 Å². The van der Waals surface area contributed by atoms with E-state index >= 15 is 0 Å². The number of aliphatic hydroxyl groups is 1. The number of hydrogen-bond acceptors (Lipinski definition) is 5. The van der Waals surface area contributed by atoms with E-state index in [2.05, 4.69) is 39.2 Å². The SMILES string of the molecule is C[SiH](C)O[C@@]1(CCCNCO)C[C@H](C(C)(C)C)CN1C(=O)OC(C)(C)C.[B]. The molecule has 8 heteroatoms. The highest BCUT2D eigenvalue weighted by Crippen LogP contribution is 2.45. The molecule has 0 aromatic heterocycles. The van der Waals surface area contributed by atoms with Crippen molar-refractivity contribution in [1.29, 1.82) is 0 Å². The summed E-state index contributed by atoms with van der Waals surface area (Å²) >= 11 is 0. The van der Waals surface area contributed by atoms with Crippen LogP contribution in [-0.4, -0.2) is 64.7 Å². The maximum atomic E-state index is 13.0. The highest BCUT2D eigenvalue weighted by atomic mass is 28.3. The Bertz CT molecular complexity index is 466. The van der Waals surface area contributed by atoms with Crippen LogP contribution in [0, 0.1) is 11.3 Å². The second kappa shape index (κ2) is 10.3. The van der Waals surface area contributed by atoms with Crippen LogP contribution in [0.5, 0.6) is 0 Å². The molecule has 0 spiro atoms. The standard InChI is InChI=1S/C19H40N2O4Si.B/c1-17(2,3)15-12-19(25-26(7)8,10-9-11-20-14-22)21(13-15)16(23)24-18(4,5)6;/h15,20,22,26H,9-14H2,1-8H3;/t15-,19-;/m0./s1. The lowest BCUT2D eigenvalue weighted by Gasteiger charge is -2.40. The Morgan fingerprint density at radius 1 is 1.26 bits per heavy atom. The van der Waals surface area contributed by atoms with E-state index in [1.807, 2.05) is 25.7 Å². The summed E-state index contributed by atoms with van der Waals surface area (Å²) in [5, 5.41) is 11.9. The molecular weight excluding hydrogens is 359 g/mol. The molecule has 0 aromatic rings. The van der Waals surface area contributed by atoms with Gasteiger partial charge in [0, 0.05) is 15.0 Å². The number of carbonyl (C=O) groups is 1. The number of nitrogens with one attached hydrogen (secondary N) is 1. The average molecular weight is 399 g/mol. The molecule has 1 rings (SSSR count). The molecule has 1 saturated heterocycles. The molecule has 1 aliphatic heterocycles. The molecule has 2 N–H and O–H groups in total. The van der Waals surface area contributed by atoms with Crippen LogP contribution in [0.25, 0.3) is 0 Å². The molecular formula is C19H40BN2O4Si. The van der Waals surface area contributed by atoms with Crippen LogP contribution in [0.1, 0.15) is 60.8 Å². The zero-order chi connectivity index (χ0) is 20.2. The Hall–Kier alpha value is -0.568. The van der Waals surface area contributed by atoms with E-state index in [4.69, 9.17) is 14.3 Å². The Morgan fingerprint density at radius 3 is 2.30 bits per heavy atom. The number of hydrogen-bond donors (Lipinski definition) is 2. The van der Waals surface area contributed by atoms with Crippen molar-refractivity contribution in [3.63, 3.8) is 0 Å². The maximum Gasteiger partial charge on any atom is 0.412 e. The van der Waals surface area contributed by atoms with Gasteiger partial charge in [-0.2, -0.15) is 0 Å². The summed E-state index contributed by atoms with van der Waals surface area (Å²) in [6, 6.07) is 0. The van der Waals surface area contributed by atoms with Gasteiger partial charge < -0.3 is 14.3 Å². The van der Waals surface area contributed by atoms with Crippen molar-refractivity contribution in [2.75, 3.05) is 19.8 Å². The lowest BCUT2D eigenvalue weighted by atomic mass is 9.78. The normalized spacial score (nSPS) is 23.5. The van der Waals surface area contributed by atoms with Crippen LogP contribution in [0.2, 0.25) is 13.1 Å². The van der Waals surface area contributed by atoms with Gasteiger partial charge in [0.15, 0.2) is 9.04 Å². The van der Waals surface area contributed by atoms with Crippen molar-refractivity contribution in [2.24, 2.45) is 11.3 Å². The Morgan fingerprint density at radius 2 is 1.85 bits per heavy atom. The molecule has 1 aliphatic rings. The third-order valence-corrected chi connectivity index (χ3v) is 5.70. The largest absolute Gasteiger partial charge is 0.444 e. The number of rotatable bonds is 7. The third-order valence-electron chi connectivity index (χ3n) is 4.79. The molecule has 0 aliphatic carbocycles. The smallest absolute Gasteiger partial charge is 0.412 e. The van der Waals surface area contributed by atoms with Crippen molar-refractivity contribution < 1.29 is 19.1 Å². The van der Waals surface area contributed by atoms with Gasteiger partial charge in [-0.15, -0.1) is 0 Å². The first kappa shape index (κ1) is 26.4. The number of carbonyl (C=O) groups excluding carboxylic acids is 1. The van der Waals surface area contributed by atoms with Gasteiger partial charge in [-0.3, -0.25) is 10.2 Å². The summed E-state index contributed by atoms with van der Waals surface area (Å²) in [4.78, 5) is 14.9. The first-order valence-electron chi connectivity index (χ1n) is 9.81. The Balaban J connectivity index is 0.00000676. The molecule has 2 atom stereocenters. The molecule has 1 amide bonds. The molecule has 0 saturated carbocycles. The molecule has 0 aromatic carbocycles. The molecule has 0 bridgehead atoms. The summed E-state index contributed by atoms with van der Waals surface area (Å²) in [6.07, 6.45) is 2.13.